The van der Waals surface area contributed by atoms with Gasteiger partial charge in [-0.2, -0.15) is 0 Å². The van der Waals surface area contributed by atoms with Crippen LogP contribution in [0.15, 0.2) is 42.5 Å². The molecule has 1 aliphatic rings. The molecule has 2 unspecified atom stereocenters. The van der Waals surface area contributed by atoms with Gasteiger partial charge >= 0.3 is 0 Å². The maximum absolute atomic E-state index is 6.53. The summed E-state index contributed by atoms with van der Waals surface area (Å²) in [5.74, 6) is 0. The van der Waals surface area contributed by atoms with Crippen molar-refractivity contribution in [2.45, 2.75) is 44.7 Å². The Hall–Kier alpha value is -1.38. The first-order chi connectivity index (χ1) is 10.3. The average Bonchev–Trinajstić information content (AvgIpc) is 2.69. The van der Waals surface area contributed by atoms with Crippen molar-refractivity contribution in [3.63, 3.8) is 0 Å². The Kier molecular flexibility index (Phi) is 4.57. The fourth-order valence-corrected chi connectivity index (χ4v) is 3.65. The van der Waals surface area contributed by atoms with Crippen molar-refractivity contribution < 1.29 is 0 Å². The van der Waals surface area contributed by atoms with E-state index in [9.17, 15) is 0 Å². The quantitative estimate of drug-likeness (QED) is 0.918. The standard InChI is InChI=1S/C19H26N2/c1-2-12-21-13-6-5-9-18(20)19(21)17-11-10-15-7-3-4-8-16(15)14-17/h3-4,7-8,10-11,14,18-19H,2,5-6,9,12-13,20H2,1H3. The van der Waals surface area contributed by atoms with E-state index >= 15 is 0 Å². The van der Waals surface area contributed by atoms with Gasteiger partial charge < -0.3 is 5.73 Å². The second kappa shape index (κ2) is 6.59. The molecule has 2 N–H and O–H groups in total. The minimum absolute atomic E-state index is 0.250. The largest absolute Gasteiger partial charge is 0.326 e. The zero-order valence-corrected chi connectivity index (χ0v) is 13.0. The number of fused-ring (bicyclic) bond motifs is 1. The monoisotopic (exact) mass is 282 g/mol. The smallest absolute Gasteiger partial charge is 0.0499 e. The normalized spacial score (nSPS) is 24.1. The molecular formula is C19H26N2. The van der Waals surface area contributed by atoms with Gasteiger partial charge in [0.15, 0.2) is 0 Å². The number of benzene rings is 2. The summed E-state index contributed by atoms with van der Waals surface area (Å²) in [6.07, 6.45) is 4.86. The van der Waals surface area contributed by atoms with Crippen molar-refractivity contribution in [3.05, 3.63) is 48.0 Å². The topological polar surface area (TPSA) is 29.3 Å². The lowest BCUT2D eigenvalue weighted by Crippen LogP contribution is -2.40. The number of nitrogens with two attached hydrogens (primary N) is 1. The Labute approximate surface area is 127 Å². The van der Waals surface area contributed by atoms with Gasteiger partial charge in [-0.15, -0.1) is 0 Å². The molecule has 0 amide bonds. The van der Waals surface area contributed by atoms with Crippen LogP contribution in [0.4, 0.5) is 0 Å². The van der Waals surface area contributed by atoms with E-state index in [0.717, 1.165) is 13.0 Å². The summed E-state index contributed by atoms with van der Waals surface area (Å²) < 4.78 is 0. The highest BCUT2D eigenvalue weighted by molar-refractivity contribution is 5.83. The van der Waals surface area contributed by atoms with Crippen molar-refractivity contribution >= 4 is 10.8 Å². The second-order valence-corrected chi connectivity index (χ2v) is 6.25. The summed E-state index contributed by atoms with van der Waals surface area (Å²) in [6.45, 7) is 4.58. The van der Waals surface area contributed by atoms with E-state index in [1.54, 1.807) is 0 Å². The van der Waals surface area contributed by atoms with Crippen molar-refractivity contribution in [2.24, 2.45) is 5.73 Å². The fourth-order valence-electron chi connectivity index (χ4n) is 3.65. The molecule has 2 aromatic rings. The number of likely N-dealkylation sites (tertiary alicyclic amines) is 1. The molecule has 2 atom stereocenters. The van der Waals surface area contributed by atoms with Crippen LogP contribution in [0.3, 0.4) is 0 Å². The Balaban J connectivity index is 1.98. The van der Waals surface area contributed by atoms with Crippen molar-refractivity contribution in [2.75, 3.05) is 13.1 Å². The molecule has 1 saturated heterocycles. The van der Waals surface area contributed by atoms with E-state index in [4.69, 9.17) is 5.73 Å². The number of hydrogen-bond donors (Lipinski definition) is 1. The molecule has 0 aliphatic carbocycles. The fraction of sp³-hybridized carbons (Fsp3) is 0.474. The van der Waals surface area contributed by atoms with Gasteiger partial charge in [-0.25, -0.2) is 0 Å². The Bertz CT molecular complexity index is 593. The van der Waals surface area contributed by atoms with Crippen LogP contribution in [0.2, 0.25) is 0 Å². The molecule has 0 aromatic heterocycles. The number of hydrogen-bond acceptors (Lipinski definition) is 2. The lowest BCUT2D eigenvalue weighted by molar-refractivity contribution is 0.186. The second-order valence-electron chi connectivity index (χ2n) is 6.25. The first-order valence-electron chi connectivity index (χ1n) is 8.28. The molecule has 1 fully saturated rings. The Morgan fingerprint density at radius 3 is 2.71 bits per heavy atom. The molecule has 2 nitrogen and oxygen atoms in total. The molecule has 0 bridgehead atoms. The first kappa shape index (κ1) is 14.6. The van der Waals surface area contributed by atoms with Crippen LogP contribution in [-0.2, 0) is 0 Å². The van der Waals surface area contributed by atoms with Crippen molar-refractivity contribution in [3.8, 4) is 0 Å². The van der Waals surface area contributed by atoms with Crippen LogP contribution in [-0.4, -0.2) is 24.0 Å². The molecule has 2 aromatic carbocycles. The molecule has 1 aliphatic heterocycles. The molecule has 112 valence electrons. The summed E-state index contributed by atoms with van der Waals surface area (Å²) in [4.78, 5) is 2.60. The number of nitrogens with zero attached hydrogens (tertiary/aromatic N) is 1. The van der Waals surface area contributed by atoms with Crippen LogP contribution in [0.25, 0.3) is 10.8 Å². The lowest BCUT2D eigenvalue weighted by atomic mass is 9.94. The van der Waals surface area contributed by atoms with E-state index in [1.807, 2.05) is 0 Å². The molecule has 0 spiro atoms. The molecule has 0 radical (unpaired) electrons. The lowest BCUT2D eigenvalue weighted by Gasteiger charge is -2.33. The first-order valence-corrected chi connectivity index (χ1v) is 8.28. The van der Waals surface area contributed by atoms with Crippen LogP contribution in [0.5, 0.6) is 0 Å². The van der Waals surface area contributed by atoms with Gasteiger partial charge in [0.25, 0.3) is 0 Å². The molecular weight excluding hydrogens is 256 g/mol. The molecule has 0 saturated carbocycles. The molecule has 1 heterocycles. The SMILES string of the molecule is CCCN1CCCCC(N)C1c1ccc2ccccc2c1. The highest BCUT2D eigenvalue weighted by atomic mass is 15.2. The summed E-state index contributed by atoms with van der Waals surface area (Å²) in [5, 5.41) is 2.63. The Morgan fingerprint density at radius 2 is 1.90 bits per heavy atom. The summed E-state index contributed by atoms with van der Waals surface area (Å²) in [5.41, 5.74) is 7.92. The van der Waals surface area contributed by atoms with Gasteiger partial charge in [0.1, 0.15) is 0 Å². The third kappa shape index (κ3) is 3.12. The summed E-state index contributed by atoms with van der Waals surface area (Å²) in [6, 6.07) is 16.1. The summed E-state index contributed by atoms with van der Waals surface area (Å²) in [7, 11) is 0. The summed E-state index contributed by atoms with van der Waals surface area (Å²) >= 11 is 0. The minimum atomic E-state index is 0.250. The molecule has 21 heavy (non-hydrogen) atoms. The van der Waals surface area contributed by atoms with E-state index in [-0.39, 0.29) is 6.04 Å². The van der Waals surface area contributed by atoms with Gasteiger partial charge in [-0.1, -0.05) is 49.7 Å². The minimum Gasteiger partial charge on any atom is -0.326 e. The third-order valence-electron chi connectivity index (χ3n) is 4.66. The zero-order valence-electron chi connectivity index (χ0n) is 13.0. The van der Waals surface area contributed by atoms with E-state index in [1.165, 1.54) is 42.1 Å². The van der Waals surface area contributed by atoms with Gasteiger partial charge in [0, 0.05) is 12.1 Å². The van der Waals surface area contributed by atoms with E-state index in [0.29, 0.717) is 6.04 Å². The van der Waals surface area contributed by atoms with Crippen LogP contribution < -0.4 is 5.73 Å². The van der Waals surface area contributed by atoms with Crippen LogP contribution in [0, 0.1) is 0 Å². The maximum atomic E-state index is 6.53. The zero-order chi connectivity index (χ0) is 14.7. The predicted octanol–water partition coefficient (Wildman–Crippen LogP) is 4.10. The molecule has 3 rings (SSSR count). The van der Waals surface area contributed by atoms with Gasteiger partial charge in [0.05, 0.1) is 0 Å². The average molecular weight is 282 g/mol. The van der Waals surface area contributed by atoms with Gasteiger partial charge in [-0.05, 0) is 54.8 Å². The van der Waals surface area contributed by atoms with Gasteiger partial charge in [-0.3, -0.25) is 4.90 Å². The highest BCUT2D eigenvalue weighted by Crippen LogP contribution is 2.31. The molecule has 2 heteroatoms. The van der Waals surface area contributed by atoms with Gasteiger partial charge in [0.2, 0.25) is 0 Å². The maximum Gasteiger partial charge on any atom is 0.0499 e. The third-order valence-corrected chi connectivity index (χ3v) is 4.66. The van der Waals surface area contributed by atoms with E-state index in [2.05, 4.69) is 54.3 Å². The Morgan fingerprint density at radius 1 is 1.10 bits per heavy atom. The van der Waals surface area contributed by atoms with E-state index < -0.39 is 0 Å². The van der Waals surface area contributed by atoms with Crippen LogP contribution in [0.1, 0.15) is 44.2 Å². The van der Waals surface area contributed by atoms with Crippen molar-refractivity contribution in [1.29, 1.82) is 0 Å². The van der Waals surface area contributed by atoms with Crippen molar-refractivity contribution in [1.82, 2.24) is 4.90 Å². The predicted molar refractivity (Wildman–Crippen MR) is 90.4 cm³/mol. The highest BCUT2D eigenvalue weighted by Gasteiger charge is 2.28. The number of rotatable bonds is 3. The van der Waals surface area contributed by atoms with Crippen LogP contribution >= 0.6 is 0 Å².